The maximum Gasteiger partial charge on any atom is 0.233 e. The molecule has 29 heavy (non-hydrogen) atoms. The summed E-state index contributed by atoms with van der Waals surface area (Å²) < 4.78 is 27.6. The van der Waals surface area contributed by atoms with Crippen LogP contribution in [0.1, 0.15) is 36.5 Å². The molecule has 0 bridgehead atoms. The Morgan fingerprint density at radius 3 is 2.76 bits per heavy atom. The number of anilines is 3. The average Bonchev–Trinajstić information content (AvgIpc) is 3.28. The van der Waals surface area contributed by atoms with Crippen LogP contribution >= 0.6 is 0 Å². The summed E-state index contributed by atoms with van der Waals surface area (Å²) in [5.74, 6) is 1.44. The van der Waals surface area contributed by atoms with Crippen LogP contribution in [-0.2, 0) is 0 Å². The van der Waals surface area contributed by atoms with E-state index in [4.69, 9.17) is 0 Å². The molecule has 9 heteroatoms. The van der Waals surface area contributed by atoms with Crippen molar-refractivity contribution in [2.45, 2.75) is 32.5 Å². The van der Waals surface area contributed by atoms with Crippen molar-refractivity contribution in [3.05, 3.63) is 59.3 Å². The van der Waals surface area contributed by atoms with E-state index < -0.39 is 6.17 Å². The van der Waals surface area contributed by atoms with E-state index in [9.17, 15) is 8.78 Å². The largest absolute Gasteiger partial charge is 0.331 e. The van der Waals surface area contributed by atoms with Gasteiger partial charge in [0.25, 0.3) is 0 Å². The topological polar surface area (TPSA) is 82.6 Å². The highest BCUT2D eigenvalue weighted by atomic mass is 19.1. The SMILES string of the molecule is C/C=C/c1cc(Nc2nc(C)nc(N3CC(F)CC3c3ccc(F)cc3)n2)n[nH]1. The highest BCUT2D eigenvalue weighted by Crippen LogP contribution is 2.36. The van der Waals surface area contributed by atoms with E-state index in [-0.39, 0.29) is 18.4 Å². The number of aromatic nitrogens is 5. The van der Waals surface area contributed by atoms with Gasteiger partial charge in [0, 0.05) is 12.5 Å². The van der Waals surface area contributed by atoms with Crippen molar-refractivity contribution in [2.24, 2.45) is 0 Å². The van der Waals surface area contributed by atoms with Crippen LogP contribution in [0, 0.1) is 12.7 Å². The van der Waals surface area contributed by atoms with Gasteiger partial charge in [0.2, 0.25) is 11.9 Å². The Balaban J connectivity index is 1.62. The molecular formula is C20H21F2N7. The minimum absolute atomic E-state index is 0.165. The van der Waals surface area contributed by atoms with Crippen LogP contribution in [0.25, 0.3) is 6.08 Å². The van der Waals surface area contributed by atoms with E-state index in [1.807, 2.05) is 25.1 Å². The Morgan fingerprint density at radius 1 is 1.21 bits per heavy atom. The van der Waals surface area contributed by atoms with Crippen molar-refractivity contribution in [1.82, 2.24) is 25.1 Å². The Kier molecular flexibility index (Phi) is 5.20. The zero-order valence-corrected chi connectivity index (χ0v) is 16.1. The summed E-state index contributed by atoms with van der Waals surface area (Å²) in [5, 5.41) is 10.1. The van der Waals surface area contributed by atoms with E-state index in [2.05, 4.69) is 30.5 Å². The number of nitrogens with one attached hydrogen (secondary N) is 2. The maximum absolute atomic E-state index is 14.3. The number of nitrogens with zero attached hydrogens (tertiary/aromatic N) is 5. The first kappa shape index (κ1) is 19.0. The van der Waals surface area contributed by atoms with Crippen molar-refractivity contribution in [1.29, 1.82) is 0 Å². The molecule has 1 fully saturated rings. The monoisotopic (exact) mass is 397 g/mol. The molecule has 1 aliphatic rings. The molecule has 2 N–H and O–H groups in total. The molecule has 0 spiro atoms. The molecule has 1 aliphatic heterocycles. The lowest BCUT2D eigenvalue weighted by atomic mass is 10.0. The number of hydrogen-bond donors (Lipinski definition) is 2. The fourth-order valence-electron chi connectivity index (χ4n) is 3.44. The summed E-state index contributed by atoms with van der Waals surface area (Å²) in [7, 11) is 0. The molecule has 2 unspecified atom stereocenters. The normalized spacial score (nSPS) is 19.2. The van der Waals surface area contributed by atoms with Crippen molar-refractivity contribution in [2.75, 3.05) is 16.8 Å². The summed E-state index contributed by atoms with van der Waals surface area (Å²) in [6, 6.07) is 7.66. The van der Waals surface area contributed by atoms with E-state index in [1.54, 1.807) is 24.0 Å². The van der Waals surface area contributed by atoms with Gasteiger partial charge in [-0.15, -0.1) is 0 Å². The lowest BCUT2D eigenvalue weighted by Crippen LogP contribution is -2.26. The minimum atomic E-state index is -1.02. The summed E-state index contributed by atoms with van der Waals surface area (Å²) in [6.45, 7) is 3.84. The predicted molar refractivity (Wildman–Crippen MR) is 107 cm³/mol. The lowest BCUT2D eigenvalue weighted by Gasteiger charge is -2.25. The number of aryl methyl sites for hydroxylation is 1. The molecule has 4 rings (SSSR count). The Labute approximate surface area is 166 Å². The zero-order valence-electron chi connectivity index (χ0n) is 16.1. The molecule has 1 aromatic carbocycles. The summed E-state index contributed by atoms with van der Waals surface area (Å²) >= 11 is 0. The summed E-state index contributed by atoms with van der Waals surface area (Å²) in [4.78, 5) is 15.0. The number of benzene rings is 1. The molecule has 2 atom stereocenters. The first-order valence-electron chi connectivity index (χ1n) is 9.36. The van der Waals surface area contributed by atoms with Gasteiger partial charge in [0.05, 0.1) is 18.3 Å². The number of halogens is 2. The smallest absolute Gasteiger partial charge is 0.233 e. The molecule has 3 heterocycles. The number of H-pyrrole nitrogens is 1. The highest BCUT2D eigenvalue weighted by molar-refractivity contribution is 5.55. The van der Waals surface area contributed by atoms with E-state index in [1.165, 1.54) is 12.1 Å². The number of aromatic amines is 1. The maximum atomic E-state index is 14.3. The molecule has 2 aromatic heterocycles. The van der Waals surface area contributed by atoms with Gasteiger partial charge in [0.1, 0.15) is 17.8 Å². The molecule has 150 valence electrons. The van der Waals surface area contributed by atoms with Crippen molar-refractivity contribution in [3.63, 3.8) is 0 Å². The first-order valence-corrected chi connectivity index (χ1v) is 9.36. The van der Waals surface area contributed by atoms with Crippen molar-refractivity contribution >= 4 is 23.8 Å². The van der Waals surface area contributed by atoms with Crippen molar-refractivity contribution < 1.29 is 8.78 Å². The van der Waals surface area contributed by atoms with Crippen LogP contribution in [0.3, 0.4) is 0 Å². The number of rotatable bonds is 5. The Morgan fingerprint density at radius 2 is 2.00 bits per heavy atom. The molecular weight excluding hydrogens is 376 g/mol. The number of allylic oxidation sites excluding steroid dienone is 1. The third-order valence-electron chi connectivity index (χ3n) is 4.68. The molecule has 0 aliphatic carbocycles. The van der Waals surface area contributed by atoms with Crippen LogP contribution in [0.5, 0.6) is 0 Å². The fourth-order valence-corrected chi connectivity index (χ4v) is 3.44. The van der Waals surface area contributed by atoms with Gasteiger partial charge in [-0.2, -0.15) is 20.1 Å². The van der Waals surface area contributed by atoms with Gasteiger partial charge in [-0.25, -0.2) is 8.78 Å². The average molecular weight is 397 g/mol. The summed E-state index contributed by atoms with van der Waals surface area (Å²) in [6.07, 6.45) is 3.07. The standard InChI is InChI=1S/C20H21F2N7/c1-3-4-16-10-18(28-27-16)25-19-23-12(2)24-20(26-19)29-11-15(22)9-17(29)13-5-7-14(21)8-6-13/h3-8,10,15,17H,9,11H2,1-2H3,(H2,23,24,25,26,27,28)/b4-3+. The molecule has 3 aromatic rings. The van der Waals surface area contributed by atoms with E-state index in [0.717, 1.165) is 11.3 Å². The van der Waals surface area contributed by atoms with E-state index >= 15 is 0 Å². The minimum Gasteiger partial charge on any atom is -0.331 e. The van der Waals surface area contributed by atoms with Crippen LogP contribution < -0.4 is 10.2 Å². The number of hydrogen-bond acceptors (Lipinski definition) is 6. The third-order valence-corrected chi connectivity index (χ3v) is 4.68. The van der Waals surface area contributed by atoms with Gasteiger partial charge >= 0.3 is 0 Å². The Bertz CT molecular complexity index is 1020. The van der Waals surface area contributed by atoms with Crippen LogP contribution in [0.2, 0.25) is 0 Å². The van der Waals surface area contributed by atoms with Crippen LogP contribution in [0.15, 0.2) is 36.4 Å². The van der Waals surface area contributed by atoms with Gasteiger partial charge in [-0.1, -0.05) is 18.2 Å². The van der Waals surface area contributed by atoms with Gasteiger partial charge < -0.3 is 10.2 Å². The fraction of sp³-hybridized carbons (Fsp3) is 0.300. The second-order valence-electron chi connectivity index (χ2n) is 6.89. The highest BCUT2D eigenvalue weighted by Gasteiger charge is 2.35. The Hall–Kier alpha value is -3.36. The van der Waals surface area contributed by atoms with Crippen LogP contribution in [0.4, 0.5) is 26.5 Å². The predicted octanol–water partition coefficient (Wildman–Crippen LogP) is 4.11. The second-order valence-corrected chi connectivity index (χ2v) is 6.89. The van der Waals surface area contributed by atoms with Gasteiger partial charge in [-0.05, 0) is 37.6 Å². The molecule has 0 saturated carbocycles. The van der Waals surface area contributed by atoms with Crippen molar-refractivity contribution in [3.8, 4) is 0 Å². The third kappa shape index (κ3) is 4.23. The van der Waals surface area contributed by atoms with Crippen LogP contribution in [-0.4, -0.2) is 37.9 Å². The lowest BCUT2D eigenvalue weighted by molar-refractivity contribution is 0.357. The molecule has 0 amide bonds. The summed E-state index contributed by atoms with van der Waals surface area (Å²) in [5.41, 5.74) is 1.67. The zero-order chi connectivity index (χ0) is 20.4. The number of alkyl halides is 1. The quantitative estimate of drug-likeness (QED) is 0.674. The molecule has 0 radical (unpaired) electrons. The second kappa shape index (κ2) is 7.94. The first-order chi connectivity index (χ1) is 14.0. The molecule has 7 nitrogen and oxygen atoms in total. The van der Waals surface area contributed by atoms with E-state index in [0.29, 0.717) is 30.0 Å². The molecule has 1 saturated heterocycles. The van der Waals surface area contributed by atoms with Gasteiger partial charge in [-0.3, -0.25) is 5.10 Å². The van der Waals surface area contributed by atoms with Gasteiger partial charge in [0.15, 0.2) is 5.82 Å².